The van der Waals surface area contributed by atoms with E-state index in [1.165, 1.54) is 30.4 Å². The Morgan fingerprint density at radius 3 is 2.58 bits per heavy atom. The van der Waals surface area contributed by atoms with E-state index in [0.717, 1.165) is 80.8 Å². The minimum absolute atomic E-state index is 0.0650. The molecule has 2 heterocycles. The van der Waals surface area contributed by atoms with Gasteiger partial charge in [-0.15, -0.1) is 0 Å². The van der Waals surface area contributed by atoms with Crippen LogP contribution in [0.3, 0.4) is 0 Å². The van der Waals surface area contributed by atoms with Gasteiger partial charge in [-0.3, -0.25) is 4.90 Å². The number of methoxy groups -OCH3 is 1. The second kappa shape index (κ2) is 11.1. The second-order valence-corrected chi connectivity index (χ2v) is 18.3. The van der Waals surface area contributed by atoms with Gasteiger partial charge in [0.25, 0.3) is 0 Å². The number of carbonyl (C=O) groups excluding carboxylic acids is 1. The molecule has 1 N–H and O–H groups in total. The summed E-state index contributed by atoms with van der Waals surface area (Å²) in [6.45, 7) is 14.5. The number of rotatable bonds is 8. The largest absolute Gasteiger partial charge is 0.493 e. The monoisotopic (exact) mass is 638 g/mol. The van der Waals surface area contributed by atoms with E-state index < -0.39 is 11.7 Å². The molecule has 5 atom stereocenters. The molecular weight excluding hydrogens is 584 g/mol. The number of benzene rings is 1. The quantitative estimate of drug-likeness (QED) is 0.244. The normalized spacial score (nSPS) is 37.9. The maximum atomic E-state index is 13.8. The molecule has 1 aromatic rings. The highest BCUT2D eigenvalue weighted by molar-refractivity contribution is 7.99. The Balaban J connectivity index is 1.02. The number of aliphatic hydroxyl groups excluding tert-OH is 1. The van der Waals surface area contributed by atoms with Gasteiger partial charge in [-0.1, -0.05) is 32.1 Å². The number of hydrogen-bond acceptors (Lipinski definition) is 7. The van der Waals surface area contributed by atoms with Crippen LogP contribution >= 0.6 is 11.8 Å². The fourth-order valence-corrected chi connectivity index (χ4v) is 12.1. The van der Waals surface area contributed by atoms with Gasteiger partial charge in [-0.2, -0.15) is 11.8 Å². The molecule has 0 radical (unpaired) electrons. The van der Waals surface area contributed by atoms with Crippen molar-refractivity contribution >= 4 is 17.9 Å². The molecule has 1 amide bonds. The van der Waals surface area contributed by atoms with Gasteiger partial charge in [0.1, 0.15) is 11.7 Å². The van der Waals surface area contributed by atoms with Crippen LogP contribution in [0.15, 0.2) is 24.3 Å². The lowest BCUT2D eigenvalue weighted by atomic mass is 9.42. The molecule has 4 fully saturated rings. The van der Waals surface area contributed by atoms with E-state index in [4.69, 9.17) is 14.2 Å². The van der Waals surface area contributed by atoms with Crippen molar-refractivity contribution in [2.45, 2.75) is 121 Å². The minimum atomic E-state index is -0.499. The molecule has 1 spiro atoms. The number of thioether (sulfide) groups is 1. The molecular formula is C37H54N2O5S. The number of nitrogens with zero attached hydrogens (tertiary/aromatic N) is 2. The van der Waals surface area contributed by atoms with E-state index >= 15 is 0 Å². The Bertz CT molecular complexity index is 1340. The standard InChI is InChI=1S/C37H54N2O5S/c1-33(2,3)44-32(41)39(36-20-25-18-34(4,23-36)22-35(5,19-25)24-36)14-16-45-15-13-38-12-11-37-10-9-27(40)17-29(37)43-31-28(42-6)8-7-26(21-38)30(31)37/h7-10,25,27,29,40H,11-24H2,1-6H3. The van der Waals surface area contributed by atoms with Crippen molar-refractivity contribution in [2.75, 3.05) is 38.2 Å². The van der Waals surface area contributed by atoms with E-state index in [1.54, 1.807) is 7.11 Å². The first-order valence-corrected chi connectivity index (χ1v) is 18.5. The van der Waals surface area contributed by atoms with Crippen LogP contribution in [0.2, 0.25) is 0 Å². The molecule has 7 aliphatic rings. The van der Waals surface area contributed by atoms with Crippen LogP contribution in [0, 0.1) is 16.7 Å². The van der Waals surface area contributed by atoms with Gasteiger partial charge >= 0.3 is 6.09 Å². The first-order valence-electron chi connectivity index (χ1n) is 17.3. The van der Waals surface area contributed by atoms with Gasteiger partial charge in [0, 0.05) is 48.7 Å². The van der Waals surface area contributed by atoms with Crippen LogP contribution < -0.4 is 9.47 Å². The molecule has 4 saturated carbocycles. The average molecular weight is 639 g/mol. The predicted octanol–water partition coefficient (Wildman–Crippen LogP) is 6.94. The Morgan fingerprint density at radius 1 is 1.13 bits per heavy atom. The van der Waals surface area contributed by atoms with Crippen LogP contribution in [0.25, 0.3) is 0 Å². The van der Waals surface area contributed by atoms with Gasteiger partial charge in [-0.05, 0) is 101 Å². The van der Waals surface area contributed by atoms with E-state index in [9.17, 15) is 9.90 Å². The molecule has 5 aliphatic carbocycles. The first kappa shape index (κ1) is 31.7. The lowest BCUT2D eigenvalue weighted by molar-refractivity contribution is -0.155. The lowest BCUT2D eigenvalue weighted by Crippen LogP contribution is -2.66. The van der Waals surface area contributed by atoms with E-state index in [1.807, 2.05) is 44.7 Å². The molecule has 8 rings (SSSR count). The van der Waals surface area contributed by atoms with Crippen molar-refractivity contribution in [1.82, 2.24) is 9.80 Å². The van der Waals surface area contributed by atoms with Crippen molar-refractivity contribution in [1.29, 1.82) is 0 Å². The summed E-state index contributed by atoms with van der Waals surface area (Å²) in [5, 5.41) is 10.4. The third-order valence-electron chi connectivity index (χ3n) is 11.8. The van der Waals surface area contributed by atoms with Crippen molar-refractivity contribution in [3.63, 3.8) is 0 Å². The van der Waals surface area contributed by atoms with Crippen molar-refractivity contribution in [3.8, 4) is 11.5 Å². The Kier molecular flexibility index (Phi) is 7.80. The van der Waals surface area contributed by atoms with Gasteiger partial charge < -0.3 is 24.2 Å². The number of carbonyl (C=O) groups is 1. The van der Waals surface area contributed by atoms with E-state index in [0.29, 0.717) is 17.3 Å². The van der Waals surface area contributed by atoms with E-state index in [-0.39, 0.29) is 23.2 Å². The summed E-state index contributed by atoms with van der Waals surface area (Å²) in [5.74, 6) is 4.32. The summed E-state index contributed by atoms with van der Waals surface area (Å²) in [7, 11) is 1.70. The minimum Gasteiger partial charge on any atom is -0.493 e. The summed E-state index contributed by atoms with van der Waals surface area (Å²) in [5.41, 5.74) is 2.46. The maximum Gasteiger partial charge on any atom is 0.410 e. The summed E-state index contributed by atoms with van der Waals surface area (Å²) in [6.07, 6.45) is 12.4. The zero-order valence-corrected chi connectivity index (χ0v) is 29.1. The van der Waals surface area contributed by atoms with Crippen molar-refractivity contribution < 1.29 is 24.1 Å². The second-order valence-electron chi connectivity index (χ2n) is 17.1. The van der Waals surface area contributed by atoms with Crippen molar-refractivity contribution in [2.24, 2.45) is 16.7 Å². The Labute approximate surface area is 274 Å². The van der Waals surface area contributed by atoms with Gasteiger partial charge in [0.15, 0.2) is 11.5 Å². The summed E-state index contributed by atoms with van der Waals surface area (Å²) >= 11 is 1.96. The number of amides is 1. The molecule has 5 unspecified atom stereocenters. The highest BCUT2D eigenvalue weighted by Crippen LogP contribution is 2.68. The average Bonchev–Trinajstić information content (AvgIpc) is 3.15. The molecule has 8 heteroatoms. The van der Waals surface area contributed by atoms with Crippen LogP contribution in [-0.2, 0) is 16.7 Å². The topological polar surface area (TPSA) is 71.5 Å². The number of hydrogen-bond donors (Lipinski definition) is 1. The molecule has 7 nitrogen and oxygen atoms in total. The highest BCUT2D eigenvalue weighted by atomic mass is 32.2. The third kappa shape index (κ3) is 5.69. The molecule has 4 bridgehead atoms. The third-order valence-corrected chi connectivity index (χ3v) is 12.8. The first-order chi connectivity index (χ1) is 21.2. The Hall–Kier alpha value is -1.90. The summed E-state index contributed by atoms with van der Waals surface area (Å²) in [4.78, 5) is 18.6. The molecule has 248 valence electrons. The van der Waals surface area contributed by atoms with Crippen LogP contribution in [0.4, 0.5) is 4.79 Å². The predicted molar refractivity (Wildman–Crippen MR) is 179 cm³/mol. The van der Waals surface area contributed by atoms with Gasteiger partial charge in [0.2, 0.25) is 0 Å². The lowest BCUT2D eigenvalue weighted by Gasteiger charge is -2.67. The molecule has 0 saturated heterocycles. The molecule has 45 heavy (non-hydrogen) atoms. The van der Waals surface area contributed by atoms with Crippen molar-refractivity contribution in [3.05, 3.63) is 35.4 Å². The highest BCUT2D eigenvalue weighted by Gasteiger charge is 2.63. The number of aliphatic hydroxyl groups is 1. The fourth-order valence-electron chi connectivity index (χ4n) is 11.2. The zero-order chi connectivity index (χ0) is 31.8. The SMILES string of the molecule is COc1ccc2c3c1OC1CC(O)C=CC31CCN(CCSCCN(C(=O)OC(C)(C)C)C13CC4CC(C)(CC(C)(C4)C1)C3)C2. The van der Waals surface area contributed by atoms with Crippen LogP contribution in [0.5, 0.6) is 11.5 Å². The summed E-state index contributed by atoms with van der Waals surface area (Å²) < 4.78 is 18.3. The van der Waals surface area contributed by atoms with Gasteiger partial charge in [0.05, 0.1) is 18.6 Å². The van der Waals surface area contributed by atoms with Gasteiger partial charge in [-0.25, -0.2) is 4.79 Å². The molecule has 1 aromatic carbocycles. The Morgan fingerprint density at radius 2 is 1.89 bits per heavy atom. The molecule has 0 aromatic heterocycles. The van der Waals surface area contributed by atoms with Crippen LogP contribution in [0.1, 0.15) is 97.1 Å². The number of ether oxygens (including phenoxy) is 3. The van der Waals surface area contributed by atoms with E-state index in [2.05, 4.69) is 35.8 Å². The van der Waals surface area contributed by atoms with Crippen LogP contribution in [-0.4, -0.2) is 82.6 Å². The molecule has 2 aliphatic heterocycles. The summed E-state index contributed by atoms with van der Waals surface area (Å²) in [6, 6.07) is 4.24. The fraction of sp³-hybridized carbons (Fsp3) is 0.757. The smallest absolute Gasteiger partial charge is 0.410 e. The zero-order valence-electron chi connectivity index (χ0n) is 28.3. The maximum absolute atomic E-state index is 13.8.